The molecule has 0 aromatic heterocycles. The smallest absolute Gasteiger partial charge is 0.253 e. The Morgan fingerprint density at radius 2 is 2.27 bits per heavy atom. The van der Waals surface area contributed by atoms with Gasteiger partial charge in [0.1, 0.15) is 5.82 Å². The molecule has 3 N–H and O–H groups in total. The van der Waals surface area contributed by atoms with E-state index in [9.17, 15) is 9.18 Å². The molecular formula is C9H8ClFN2OS. The van der Waals surface area contributed by atoms with E-state index in [1.165, 1.54) is 18.2 Å². The second kappa shape index (κ2) is 5.04. The Balaban J connectivity index is 2.82. The summed E-state index contributed by atoms with van der Waals surface area (Å²) in [7, 11) is 0. The van der Waals surface area contributed by atoms with Gasteiger partial charge in [-0.15, -0.1) is 0 Å². The third-order valence-corrected chi connectivity index (χ3v) is 2.15. The Labute approximate surface area is 96.4 Å². The lowest BCUT2D eigenvalue weighted by molar-refractivity contribution is 0.0959. The predicted octanol–water partition coefficient (Wildman–Crippen LogP) is 1.50. The Bertz CT molecular complexity index is 411. The lowest BCUT2D eigenvalue weighted by Crippen LogP contribution is -2.32. The van der Waals surface area contributed by atoms with E-state index < -0.39 is 11.7 Å². The van der Waals surface area contributed by atoms with Crippen LogP contribution in [-0.4, -0.2) is 17.4 Å². The van der Waals surface area contributed by atoms with Crippen LogP contribution < -0.4 is 11.1 Å². The molecule has 1 aromatic carbocycles. The minimum Gasteiger partial charge on any atom is -0.392 e. The molecule has 0 saturated carbocycles. The van der Waals surface area contributed by atoms with Gasteiger partial charge in [0.2, 0.25) is 0 Å². The second-order valence-electron chi connectivity index (χ2n) is 2.75. The summed E-state index contributed by atoms with van der Waals surface area (Å²) in [5.41, 5.74) is 5.26. The molecule has 80 valence electrons. The Hall–Kier alpha value is -1.20. The van der Waals surface area contributed by atoms with Gasteiger partial charge in [0.05, 0.1) is 22.1 Å². The highest BCUT2D eigenvalue weighted by Gasteiger charge is 2.12. The maximum atomic E-state index is 13.0. The van der Waals surface area contributed by atoms with E-state index in [2.05, 4.69) is 17.5 Å². The zero-order chi connectivity index (χ0) is 11.4. The SMILES string of the molecule is NC(=S)CNC(=O)c1cccc(F)c1Cl. The summed E-state index contributed by atoms with van der Waals surface area (Å²) < 4.78 is 13.0. The molecule has 0 heterocycles. The molecule has 3 nitrogen and oxygen atoms in total. The monoisotopic (exact) mass is 246 g/mol. The fourth-order valence-electron chi connectivity index (χ4n) is 0.942. The van der Waals surface area contributed by atoms with Crippen LogP contribution in [0.25, 0.3) is 0 Å². The van der Waals surface area contributed by atoms with Gasteiger partial charge in [0, 0.05) is 0 Å². The molecule has 0 radical (unpaired) electrons. The summed E-state index contributed by atoms with van der Waals surface area (Å²) in [6.07, 6.45) is 0. The van der Waals surface area contributed by atoms with E-state index in [0.29, 0.717) is 0 Å². The van der Waals surface area contributed by atoms with Crippen molar-refractivity contribution in [1.82, 2.24) is 5.32 Å². The van der Waals surface area contributed by atoms with Crippen LogP contribution in [0.3, 0.4) is 0 Å². The van der Waals surface area contributed by atoms with Crippen LogP contribution in [0.15, 0.2) is 18.2 Å². The zero-order valence-electron chi connectivity index (χ0n) is 7.59. The van der Waals surface area contributed by atoms with Gasteiger partial charge in [-0.25, -0.2) is 4.39 Å². The van der Waals surface area contributed by atoms with Crippen LogP contribution in [0.2, 0.25) is 5.02 Å². The third-order valence-electron chi connectivity index (χ3n) is 1.62. The van der Waals surface area contributed by atoms with Crippen molar-refractivity contribution in [2.75, 3.05) is 6.54 Å². The van der Waals surface area contributed by atoms with Crippen LogP contribution in [0.1, 0.15) is 10.4 Å². The second-order valence-corrected chi connectivity index (χ2v) is 3.65. The van der Waals surface area contributed by atoms with Crippen LogP contribution >= 0.6 is 23.8 Å². The highest BCUT2D eigenvalue weighted by atomic mass is 35.5. The van der Waals surface area contributed by atoms with Gasteiger partial charge in [-0.3, -0.25) is 4.79 Å². The molecule has 0 bridgehead atoms. The number of carbonyl (C=O) groups is 1. The molecule has 1 rings (SSSR count). The van der Waals surface area contributed by atoms with Crippen molar-refractivity contribution < 1.29 is 9.18 Å². The summed E-state index contributed by atoms with van der Waals surface area (Å²) in [5.74, 6) is -1.15. The normalized spacial score (nSPS) is 9.73. The number of nitrogens with one attached hydrogen (secondary N) is 1. The molecule has 0 aliphatic carbocycles. The van der Waals surface area contributed by atoms with Crippen LogP contribution in [0.4, 0.5) is 4.39 Å². The average Bonchev–Trinajstić information content (AvgIpc) is 2.18. The van der Waals surface area contributed by atoms with Gasteiger partial charge >= 0.3 is 0 Å². The fourth-order valence-corrected chi connectivity index (χ4v) is 1.23. The molecule has 0 aliphatic rings. The first-order chi connectivity index (χ1) is 7.02. The van der Waals surface area contributed by atoms with Crippen molar-refractivity contribution in [1.29, 1.82) is 0 Å². The summed E-state index contributed by atoms with van der Waals surface area (Å²) in [6, 6.07) is 3.99. The summed E-state index contributed by atoms with van der Waals surface area (Å²) >= 11 is 10.2. The number of rotatable bonds is 3. The quantitative estimate of drug-likeness (QED) is 0.795. The maximum Gasteiger partial charge on any atom is 0.253 e. The lowest BCUT2D eigenvalue weighted by Gasteiger charge is -2.05. The topological polar surface area (TPSA) is 55.1 Å². The van der Waals surface area contributed by atoms with Crippen molar-refractivity contribution in [3.63, 3.8) is 0 Å². The lowest BCUT2D eigenvalue weighted by atomic mass is 10.2. The summed E-state index contributed by atoms with van der Waals surface area (Å²) in [4.78, 5) is 11.6. The standard InChI is InChI=1S/C9H8ClFN2OS/c10-8-5(2-1-3-6(8)11)9(14)13-4-7(12)15/h1-3H,4H2,(H2,12,15)(H,13,14). The van der Waals surface area contributed by atoms with Crippen molar-refractivity contribution in [2.24, 2.45) is 5.73 Å². The van der Waals surface area contributed by atoms with Crippen molar-refractivity contribution in [2.45, 2.75) is 0 Å². The maximum absolute atomic E-state index is 13.0. The summed E-state index contributed by atoms with van der Waals surface area (Å²) in [6.45, 7) is 0.0566. The molecule has 6 heteroatoms. The molecule has 0 fully saturated rings. The molecule has 0 spiro atoms. The number of carbonyl (C=O) groups excluding carboxylic acids is 1. The average molecular weight is 247 g/mol. The van der Waals surface area contributed by atoms with E-state index in [-0.39, 0.29) is 22.1 Å². The molecule has 0 saturated heterocycles. The minimum atomic E-state index is -0.639. The first kappa shape index (κ1) is 11.9. The van der Waals surface area contributed by atoms with Gasteiger partial charge in [0.25, 0.3) is 5.91 Å². The Morgan fingerprint density at radius 3 is 2.87 bits per heavy atom. The largest absolute Gasteiger partial charge is 0.392 e. The molecule has 1 amide bonds. The first-order valence-corrected chi connectivity index (χ1v) is 4.81. The van der Waals surface area contributed by atoms with Crippen molar-refractivity contribution in [3.05, 3.63) is 34.6 Å². The molecule has 0 atom stereocenters. The predicted molar refractivity (Wildman–Crippen MR) is 60.5 cm³/mol. The van der Waals surface area contributed by atoms with Crippen LogP contribution in [0, 0.1) is 5.82 Å². The molecule has 0 aliphatic heterocycles. The number of thiocarbonyl (C=S) groups is 1. The van der Waals surface area contributed by atoms with Crippen molar-refractivity contribution >= 4 is 34.7 Å². The van der Waals surface area contributed by atoms with Gasteiger partial charge < -0.3 is 11.1 Å². The highest BCUT2D eigenvalue weighted by Crippen LogP contribution is 2.19. The highest BCUT2D eigenvalue weighted by molar-refractivity contribution is 7.80. The molecule has 15 heavy (non-hydrogen) atoms. The number of hydrogen-bond acceptors (Lipinski definition) is 2. The van der Waals surface area contributed by atoms with Crippen molar-refractivity contribution in [3.8, 4) is 0 Å². The van der Waals surface area contributed by atoms with E-state index in [4.69, 9.17) is 17.3 Å². The minimum absolute atomic E-state index is 0.0566. The van der Waals surface area contributed by atoms with E-state index in [1.54, 1.807) is 0 Å². The molecule has 0 unspecified atom stereocenters. The van der Waals surface area contributed by atoms with Gasteiger partial charge in [-0.2, -0.15) is 0 Å². The van der Waals surface area contributed by atoms with E-state index >= 15 is 0 Å². The van der Waals surface area contributed by atoms with Gasteiger partial charge in [-0.1, -0.05) is 29.9 Å². The fraction of sp³-hybridized carbons (Fsp3) is 0.111. The van der Waals surface area contributed by atoms with E-state index in [1.807, 2.05) is 0 Å². The number of hydrogen-bond donors (Lipinski definition) is 2. The van der Waals surface area contributed by atoms with Gasteiger partial charge in [0.15, 0.2) is 0 Å². The number of halogens is 2. The number of benzene rings is 1. The zero-order valence-corrected chi connectivity index (χ0v) is 9.16. The summed E-state index contributed by atoms with van der Waals surface area (Å²) in [5, 5.41) is 2.20. The third kappa shape index (κ3) is 3.14. The van der Waals surface area contributed by atoms with Crippen LogP contribution in [-0.2, 0) is 0 Å². The number of amides is 1. The van der Waals surface area contributed by atoms with Gasteiger partial charge in [-0.05, 0) is 12.1 Å². The molecular weight excluding hydrogens is 239 g/mol. The number of nitrogens with two attached hydrogens (primary N) is 1. The Morgan fingerprint density at radius 1 is 1.60 bits per heavy atom. The van der Waals surface area contributed by atoms with Crippen LogP contribution in [0.5, 0.6) is 0 Å². The van der Waals surface area contributed by atoms with E-state index in [0.717, 1.165) is 0 Å². The first-order valence-electron chi connectivity index (χ1n) is 4.03. The Kier molecular flexibility index (Phi) is 3.99. The molecule has 1 aromatic rings.